The number of aryl methyl sites for hydroxylation is 1. The van der Waals surface area contributed by atoms with E-state index in [4.69, 9.17) is 0 Å². The van der Waals surface area contributed by atoms with E-state index in [1.54, 1.807) is 48.3 Å². The van der Waals surface area contributed by atoms with Crippen molar-refractivity contribution in [1.29, 1.82) is 0 Å². The summed E-state index contributed by atoms with van der Waals surface area (Å²) in [5.41, 5.74) is 2.66. The van der Waals surface area contributed by atoms with Gasteiger partial charge < -0.3 is 5.32 Å². The molecule has 0 unspecified atom stereocenters. The Hall–Kier alpha value is -3.09. The van der Waals surface area contributed by atoms with Crippen LogP contribution >= 0.6 is 0 Å². The van der Waals surface area contributed by atoms with E-state index in [0.717, 1.165) is 0 Å². The number of carbonyl (C=O) groups is 1. The Morgan fingerprint density at radius 1 is 1.24 bits per heavy atom. The van der Waals surface area contributed by atoms with E-state index < -0.39 is 0 Å². The van der Waals surface area contributed by atoms with Crippen LogP contribution in [-0.4, -0.2) is 32.4 Å². The van der Waals surface area contributed by atoms with Gasteiger partial charge in [0.25, 0.3) is 5.91 Å². The van der Waals surface area contributed by atoms with Gasteiger partial charge in [-0.15, -0.1) is 5.10 Å². The van der Waals surface area contributed by atoms with Crippen LogP contribution in [0, 0.1) is 5.82 Å². The zero-order valence-electron chi connectivity index (χ0n) is 14.0. The van der Waals surface area contributed by atoms with Crippen molar-refractivity contribution >= 4 is 5.91 Å². The number of rotatable bonds is 5. The lowest BCUT2D eigenvalue weighted by molar-refractivity contribution is 0.0955. The lowest BCUT2D eigenvalue weighted by atomic mass is 10.1. The van der Waals surface area contributed by atoms with Crippen LogP contribution in [0.5, 0.6) is 0 Å². The van der Waals surface area contributed by atoms with Gasteiger partial charge in [0.05, 0.1) is 11.9 Å². The fraction of sp³-hybridized carbons (Fsp3) is 0.222. The van der Waals surface area contributed by atoms with E-state index in [2.05, 4.69) is 20.6 Å². The summed E-state index contributed by atoms with van der Waals surface area (Å²) in [4.78, 5) is 16.8. The molecule has 2 aromatic heterocycles. The van der Waals surface area contributed by atoms with Crippen LogP contribution in [0.3, 0.4) is 0 Å². The number of halogens is 1. The van der Waals surface area contributed by atoms with Crippen molar-refractivity contribution in [1.82, 2.24) is 25.3 Å². The Morgan fingerprint density at radius 3 is 2.72 bits per heavy atom. The van der Waals surface area contributed by atoms with Gasteiger partial charge in [0.1, 0.15) is 11.5 Å². The van der Waals surface area contributed by atoms with Crippen molar-refractivity contribution in [3.8, 4) is 11.4 Å². The zero-order chi connectivity index (χ0) is 17.8. The van der Waals surface area contributed by atoms with Gasteiger partial charge in [-0.1, -0.05) is 23.4 Å². The normalized spacial score (nSPS) is 10.7. The number of amides is 1. The number of benzene rings is 1. The molecule has 0 spiro atoms. The minimum Gasteiger partial charge on any atom is -0.352 e. The topological polar surface area (TPSA) is 72.7 Å². The van der Waals surface area contributed by atoms with Gasteiger partial charge in [0.2, 0.25) is 0 Å². The van der Waals surface area contributed by atoms with Crippen LogP contribution in [0.15, 0.2) is 42.6 Å². The Kier molecular flexibility index (Phi) is 4.83. The molecule has 0 aliphatic carbocycles. The summed E-state index contributed by atoms with van der Waals surface area (Å²) in [6, 6.07) is 9.87. The van der Waals surface area contributed by atoms with Gasteiger partial charge in [-0.3, -0.25) is 14.5 Å². The van der Waals surface area contributed by atoms with Crippen molar-refractivity contribution in [2.45, 2.75) is 13.3 Å². The summed E-state index contributed by atoms with van der Waals surface area (Å²) in [7, 11) is 1.75. The molecule has 1 aromatic carbocycles. The third-order valence-electron chi connectivity index (χ3n) is 3.67. The second-order valence-electron chi connectivity index (χ2n) is 5.64. The summed E-state index contributed by atoms with van der Waals surface area (Å²) in [6.07, 6.45) is 2.00. The van der Waals surface area contributed by atoms with Gasteiger partial charge in [-0.25, -0.2) is 4.39 Å². The van der Waals surface area contributed by atoms with Crippen molar-refractivity contribution in [3.05, 3.63) is 65.2 Å². The van der Waals surface area contributed by atoms with Crippen LogP contribution in [0.25, 0.3) is 11.4 Å². The minimum atomic E-state index is -0.297. The quantitative estimate of drug-likeness (QED) is 0.774. The summed E-state index contributed by atoms with van der Waals surface area (Å²) in [6.45, 7) is 2.37. The first-order valence-electron chi connectivity index (χ1n) is 7.96. The lowest BCUT2D eigenvalue weighted by Crippen LogP contribution is -2.23. The van der Waals surface area contributed by atoms with E-state index in [1.807, 2.05) is 6.92 Å². The SMILES string of the molecule is CCNC(=O)c1cc(Cc2ccccc2F)nc(-c2cn(C)nn2)c1. The summed E-state index contributed by atoms with van der Waals surface area (Å²) in [5.74, 6) is -0.501. The van der Waals surface area contributed by atoms with Crippen LogP contribution in [0.4, 0.5) is 4.39 Å². The third kappa shape index (κ3) is 3.88. The maximum absolute atomic E-state index is 13.9. The molecule has 0 radical (unpaired) electrons. The summed E-state index contributed by atoms with van der Waals surface area (Å²) >= 11 is 0. The second kappa shape index (κ2) is 7.21. The lowest BCUT2D eigenvalue weighted by Gasteiger charge is -2.08. The second-order valence-corrected chi connectivity index (χ2v) is 5.64. The largest absolute Gasteiger partial charge is 0.352 e. The molecule has 3 rings (SSSR count). The van der Waals surface area contributed by atoms with Crippen LogP contribution in [0.2, 0.25) is 0 Å². The van der Waals surface area contributed by atoms with Crippen LogP contribution in [-0.2, 0) is 13.5 Å². The minimum absolute atomic E-state index is 0.204. The van der Waals surface area contributed by atoms with E-state index in [-0.39, 0.29) is 18.1 Å². The van der Waals surface area contributed by atoms with Crippen LogP contribution < -0.4 is 5.32 Å². The highest BCUT2D eigenvalue weighted by atomic mass is 19.1. The smallest absolute Gasteiger partial charge is 0.251 e. The molecule has 2 heterocycles. The van der Waals surface area contributed by atoms with Crippen LogP contribution in [0.1, 0.15) is 28.5 Å². The first-order valence-corrected chi connectivity index (χ1v) is 7.96. The van der Waals surface area contributed by atoms with E-state index in [0.29, 0.717) is 34.8 Å². The average molecular weight is 339 g/mol. The van der Waals surface area contributed by atoms with E-state index >= 15 is 0 Å². The highest BCUT2D eigenvalue weighted by molar-refractivity contribution is 5.95. The molecule has 3 aromatic rings. The average Bonchev–Trinajstić information content (AvgIpc) is 3.03. The van der Waals surface area contributed by atoms with Gasteiger partial charge in [0, 0.05) is 31.3 Å². The Balaban J connectivity index is 2.03. The van der Waals surface area contributed by atoms with Gasteiger partial charge in [-0.2, -0.15) is 0 Å². The van der Waals surface area contributed by atoms with Gasteiger partial charge in [-0.05, 0) is 30.7 Å². The Bertz CT molecular complexity index is 906. The van der Waals surface area contributed by atoms with Crippen molar-refractivity contribution in [2.24, 2.45) is 7.05 Å². The molecule has 25 heavy (non-hydrogen) atoms. The third-order valence-corrected chi connectivity index (χ3v) is 3.67. The fourth-order valence-electron chi connectivity index (χ4n) is 2.50. The standard InChI is InChI=1S/C18H18FN5O/c1-3-20-18(25)13-9-14(8-12-6-4-5-7-15(12)19)21-16(10-13)17-11-24(2)23-22-17/h4-7,9-11H,3,8H2,1-2H3,(H,20,25). The predicted octanol–water partition coefficient (Wildman–Crippen LogP) is 2.36. The first kappa shape index (κ1) is 16.8. The number of nitrogens with one attached hydrogen (secondary N) is 1. The molecule has 0 aliphatic heterocycles. The number of hydrogen-bond donors (Lipinski definition) is 1. The van der Waals surface area contributed by atoms with E-state index in [9.17, 15) is 9.18 Å². The van der Waals surface area contributed by atoms with Crippen molar-refractivity contribution in [2.75, 3.05) is 6.54 Å². The number of hydrogen-bond acceptors (Lipinski definition) is 4. The molecule has 128 valence electrons. The molecule has 0 saturated carbocycles. The highest BCUT2D eigenvalue weighted by Crippen LogP contribution is 2.19. The van der Waals surface area contributed by atoms with Crippen molar-refractivity contribution in [3.63, 3.8) is 0 Å². The maximum atomic E-state index is 13.9. The Morgan fingerprint density at radius 2 is 2.04 bits per heavy atom. The Labute approximate surface area is 144 Å². The number of carbonyl (C=O) groups excluding carboxylic acids is 1. The zero-order valence-corrected chi connectivity index (χ0v) is 14.0. The molecule has 0 saturated heterocycles. The highest BCUT2D eigenvalue weighted by Gasteiger charge is 2.14. The fourth-order valence-corrected chi connectivity index (χ4v) is 2.50. The van der Waals surface area contributed by atoms with E-state index in [1.165, 1.54) is 6.07 Å². The molecule has 0 aliphatic rings. The molecule has 0 atom stereocenters. The molecular weight excluding hydrogens is 321 g/mol. The molecule has 0 fully saturated rings. The molecule has 7 heteroatoms. The number of aromatic nitrogens is 4. The molecule has 0 bridgehead atoms. The molecular formula is C18H18FN5O. The number of nitrogens with zero attached hydrogens (tertiary/aromatic N) is 4. The monoisotopic (exact) mass is 339 g/mol. The molecule has 1 N–H and O–H groups in total. The molecule has 1 amide bonds. The summed E-state index contributed by atoms with van der Waals surface area (Å²) < 4.78 is 15.5. The predicted molar refractivity (Wildman–Crippen MR) is 91.4 cm³/mol. The van der Waals surface area contributed by atoms with Gasteiger partial charge >= 0.3 is 0 Å². The first-order chi connectivity index (χ1) is 12.1. The summed E-state index contributed by atoms with van der Waals surface area (Å²) in [5, 5.41) is 10.7. The molecule has 6 nitrogen and oxygen atoms in total. The van der Waals surface area contributed by atoms with Gasteiger partial charge in [0.15, 0.2) is 0 Å². The maximum Gasteiger partial charge on any atom is 0.251 e. The number of pyridine rings is 1. The van der Waals surface area contributed by atoms with Crippen molar-refractivity contribution < 1.29 is 9.18 Å².